The number of carbonyl (C=O) groups is 1. The highest BCUT2D eigenvalue weighted by atomic mass is 19.4. The molecule has 0 spiro atoms. The van der Waals surface area contributed by atoms with Gasteiger partial charge in [-0.2, -0.15) is 13.2 Å². The van der Waals surface area contributed by atoms with Crippen molar-refractivity contribution in [3.63, 3.8) is 0 Å². The molecule has 0 aromatic heterocycles. The van der Waals surface area contributed by atoms with Crippen molar-refractivity contribution in [1.29, 1.82) is 0 Å². The van der Waals surface area contributed by atoms with E-state index in [1.807, 2.05) is 0 Å². The lowest BCUT2D eigenvalue weighted by atomic mass is 10.2. The van der Waals surface area contributed by atoms with Crippen molar-refractivity contribution in [2.75, 3.05) is 0 Å². The number of halogens is 3. The molecule has 0 amide bonds. The fraction of sp³-hybridized carbons (Fsp3) is 0.0714. The summed E-state index contributed by atoms with van der Waals surface area (Å²) in [5, 5.41) is 10.6. The standard InChI is InChI=1S/C14H8F3NO4/c15-14(16,17)11-6-1-2-7-12(11)22-13(19)9-4-3-5-10(8-9)18(20)21/h1-8H. The number of alkyl halides is 3. The maximum atomic E-state index is 12.8. The minimum Gasteiger partial charge on any atom is -0.422 e. The largest absolute Gasteiger partial charge is 0.422 e. The highest BCUT2D eigenvalue weighted by Gasteiger charge is 2.34. The Morgan fingerprint density at radius 2 is 1.77 bits per heavy atom. The number of ether oxygens (including phenoxy) is 1. The Hall–Kier alpha value is -2.90. The molecule has 0 fully saturated rings. The third-order valence-electron chi connectivity index (χ3n) is 2.69. The van der Waals surface area contributed by atoms with Crippen LogP contribution in [0.4, 0.5) is 18.9 Å². The molecule has 0 aliphatic rings. The van der Waals surface area contributed by atoms with E-state index in [2.05, 4.69) is 0 Å². The summed E-state index contributed by atoms with van der Waals surface area (Å²) in [6, 6.07) is 8.75. The molecular formula is C14H8F3NO4. The van der Waals surface area contributed by atoms with Crippen molar-refractivity contribution in [1.82, 2.24) is 0 Å². The first-order valence-electron chi connectivity index (χ1n) is 5.92. The lowest BCUT2D eigenvalue weighted by molar-refractivity contribution is -0.384. The number of nitro benzene ring substituents is 1. The number of para-hydroxylation sites is 1. The second kappa shape index (κ2) is 5.84. The zero-order valence-corrected chi connectivity index (χ0v) is 10.8. The number of non-ortho nitro benzene ring substituents is 1. The van der Waals surface area contributed by atoms with Gasteiger partial charge in [0.05, 0.1) is 16.1 Å². The van der Waals surface area contributed by atoms with Crippen LogP contribution in [-0.4, -0.2) is 10.9 Å². The normalized spacial score (nSPS) is 11.0. The zero-order valence-electron chi connectivity index (χ0n) is 10.8. The van der Waals surface area contributed by atoms with E-state index in [0.29, 0.717) is 0 Å². The monoisotopic (exact) mass is 311 g/mol. The maximum absolute atomic E-state index is 12.8. The molecule has 2 rings (SSSR count). The first-order chi connectivity index (χ1) is 10.3. The summed E-state index contributed by atoms with van der Waals surface area (Å²) in [5.74, 6) is -1.77. The van der Waals surface area contributed by atoms with Crippen LogP contribution in [0.2, 0.25) is 0 Å². The van der Waals surface area contributed by atoms with Crippen molar-refractivity contribution in [3.05, 3.63) is 69.8 Å². The highest BCUT2D eigenvalue weighted by molar-refractivity contribution is 5.91. The van der Waals surface area contributed by atoms with E-state index in [9.17, 15) is 28.1 Å². The number of carbonyl (C=O) groups excluding carboxylic acids is 1. The first kappa shape index (κ1) is 15.5. The number of esters is 1. The molecule has 0 atom stereocenters. The van der Waals surface area contributed by atoms with Gasteiger partial charge in [-0.05, 0) is 18.2 Å². The Labute approximate surface area is 122 Å². The zero-order chi connectivity index (χ0) is 16.3. The molecule has 0 aliphatic heterocycles. The van der Waals surface area contributed by atoms with Gasteiger partial charge in [0, 0.05) is 12.1 Å². The number of hydrogen-bond acceptors (Lipinski definition) is 4. The van der Waals surface area contributed by atoms with Crippen molar-refractivity contribution in [3.8, 4) is 5.75 Å². The van der Waals surface area contributed by atoms with Crippen LogP contribution in [0.5, 0.6) is 5.75 Å². The first-order valence-corrected chi connectivity index (χ1v) is 5.92. The van der Waals surface area contributed by atoms with Crippen molar-refractivity contribution in [2.24, 2.45) is 0 Å². The number of nitrogens with zero attached hydrogens (tertiary/aromatic N) is 1. The Morgan fingerprint density at radius 3 is 2.41 bits per heavy atom. The number of benzene rings is 2. The molecule has 0 radical (unpaired) electrons. The molecular weight excluding hydrogens is 303 g/mol. The third kappa shape index (κ3) is 3.40. The van der Waals surface area contributed by atoms with E-state index in [1.54, 1.807) is 0 Å². The van der Waals surface area contributed by atoms with Crippen LogP contribution in [0.3, 0.4) is 0 Å². The number of nitro groups is 1. The Balaban J connectivity index is 2.30. The Kier molecular flexibility index (Phi) is 4.11. The molecule has 0 heterocycles. The predicted octanol–water partition coefficient (Wildman–Crippen LogP) is 3.83. The van der Waals surface area contributed by atoms with Gasteiger partial charge >= 0.3 is 12.1 Å². The van der Waals surface area contributed by atoms with E-state index in [-0.39, 0.29) is 11.3 Å². The average Bonchev–Trinajstić information content (AvgIpc) is 2.46. The van der Waals surface area contributed by atoms with Gasteiger partial charge in [-0.15, -0.1) is 0 Å². The van der Waals surface area contributed by atoms with Gasteiger partial charge in [-0.3, -0.25) is 10.1 Å². The Morgan fingerprint density at radius 1 is 1.09 bits per heavy atom. The summed E-state index contributed by atoms with van der Waals surface area (Å²) in [4.78, 5) is 21.8. The topological polar surface area (TPSA) is 69.4 Å². The highest BCUT2D eigenvalue weighted by Crippen LogP contribution is 2.36. The molecule has 0 unspecified atom stereocenters. The van der Waals surface area contributed by atoms with Crippen molar-refractivity contribution < 1.29 is 27.6 Å². The summed E-state index contributed by atoms with van der Waals surface area (Å²) in [5.41, 5.74) is -1.68. The number of hydrogen-bond donors (Lipinski definition) is 0. The van der Waals surface area contributed by atoms with Crippen LogP contribution in [0, 0.1) is 10.1 Å². The molecule has 5 nitrogen and oxygen atoms in total. The molecule has 8 heteroatoms. The van der Waals surface area contributed by atoms with Crippen LogP contribution in [0.15, 0.2) is 48.5 Å². The quantitative estimate of drug-likeness (QED) is 0.374. The molecule has 0 bridgehead atoms. The van der Waals surface area contributed by atoms with Crippen LogP contribution in [0.25, 0.3) is 0 Å². The number of rotatable bonds is 3. The second-order valence-corrected chi connectivity index (χ2v) is 4.19. The molecule has 22 heavy (non-hydrogen) atoms. The summed E-state index contributed by atoms with van der Waals surface area (Å²) in [7, 11) is 0. The van der Waals surface area contributed by atoms with Gasteiger partial charge in [0.25, 0.3) is 5.69 Å². The third-order valence-corrected chi connectivity index (χ3v) is 2.69. The summed E-state index contributed by atoms with van der Waals surface area (Å²) >= 11 is 0. The molecule has 0 saturated heterocycles. The van der Waals surface area contributed by atoms with Crippen molar-refractivity contribution in [2.45, 2.75) is 6.18 Å². The molecule has 114 valence electrons. The molecule has 2 aromatic carbocycles. The van der Waals surface area contributed by atoms with Crippen molar-refractivity contribution >= 4 is 11.7 Å². The van der Waals surface area contributed by atoms with Gasteiger partial charge in [0.1, 0.15) is 5.75 Å². The van der Waals surface area contributed by atoms with Gasteiger partial charge in [0.15, 0.2) is 0 Å². The van der Waals surface area contributed by atoms with Crippen LogP contribution in [-0.2, 0) is 6.18 Å². The van der Waals surface area contributed by atoms with Gasteiger partial charge in [-0.1, -0.05) is 18.2 Å². The summed E-state index contributed by atoms with van der Waals surface area (Å²) < 4.78 is 43.1. The van der Waals surface area contributed by atoms with Crippen LogP contribution < -0.4 is 4.74 Å². The van der Waals surface area contributed by atoms with Gasteiger partial charge in [0.2, 0.25) is 0 Å². The molecule has 0 saturated carbocycles. The smallest absolute Gasteiger partial charge is 0.419 e. The van der Waals surface area contributed by atoms with Gasteiger partial charge < -0.3 is 4.74 Å². The van der Waals surface area contributed by atoms with Crippen LogP contribution >= 0.6 is 0 Å². The maximum Gasteiger partial charge on any atom is 0.419 e. The van der Waals surface area contributed by atoms with Crippen LogP contribution in [0.1, 0.15) is 15.9 Å². The average molecular weight is 311 g/mol. The second-order valence-electron chi connectivity index (χ2n) is 4.19. The lowest BCUT2D eigenvalue weighted by Crippen LogP contribution is -2.13. The van der Waals surface area contributed by atoms with Gasteiger partial charge in [-0.25, -0.2) is 4.79 Å². The van der Waals surface area contributed by atoms with E-state index in [0.717, 1.165) is 30.3 Å². The minimum atomic E-state index is -4.68. The molecule has 0 N–H and O–H groups in total. The van der Waals surface area contributed by atoms with E-state index in [4.69, 9.17) is 4.74 Å². The lowest BCUT2D eigenvalue weighted by Gasteiger charge is -2.12. The SMILES string of the molecule is O=C(Oc1ccccc1C(F)(F)F)c1cccc([N+](=O)[O-])c1. The van der Waals surface area contributed by atoms with E-state index < -0.39 is 28.4 Å². The van der Waals surface area contributed by atoms with E-state index in [1.165, 1.54) is 18.2 Å². The minimum absolute atomic E-state index is 0.217. The Bertz CT molecular complexity index is 728. The fourth-order valence-electron chi connectivity index (χ4n) is 1.70. The van der Waals surface area contributed by atoms with E-state index >= 15 is 0 Å². The summed E-state index contributed by atoms with van der Waals surface area (Å²) in [6.07, 6.45) is -4.68. The fourth-order valence-corrected chi connectivity index (χ4v) is 1.70. The summed E-state index contributed by atoms with van der Waals surface area (Å²) in [6.45, 7) is 0. The molecule has 0 aliphatic carbocycles. The molecule has 2 aromatic rings. The predicted molar refractivity (Wildman–Crippen MR) is 69.5 cm³/mol.